The molecule has 2 N–H and O–H groups in total. The number of rotatable bonds is 6. The molecule has 9 heteroatoms. The van der Waals surface area contributed by atoms with Gasteiger partial charge in [-0.15, -0.1) is 12.4 Å². The zero-order chi connectivity index (χ0) is 18.9. The molecule has 0 bridgehead atoms. The molecule has 27 heavy (non-hydrogen) atoms. The number of aromatic nitrogens is 2. The maximum atomic E-state index is 13.1. The van der Waals surface area contributed by atoms with Gasteiger partial charge in [-0.05, 0) is 50.0 Å². The highest BCUT2D eigenvalue weighted by Gasteiger charge is 2.40. The van der Waals surface area contributed by atoms with Gasteiger partial charge in [0.25, 0.3) is 0 Å². The van der Waals surface area contributed by atoms with Crippen molar-refractivity contribution < 1.29 is 17.7 Å². The van der Waals surface area contributed by atoms with E-state index in [-0.39, 0.29) is 18.3 Å². The van der Waals surface area contributed by atoms with Crippen molar-refractivity contribution in [1.29, 1.82) is 0 Å². The molecule has 1 saturated carbocycles. The smallest absolute Gasteiger partial charge is 0.337 e. The SMILES string of the molecule is CCN(CC)C(c1cccc(C(F)(F)F)c1)c1nc(C2(N)CCC2)no1.Cl. The van der Waals surface area contributed by atoms with Gasteiger partial charge in [-0.3, -0.25) is 4.90 Å². The molecule has 3 rings (SSSR count). The molecular formula is C18H24ClF3N4O. The fraction of sp³-hybridized carbons (Fsp3) is 0.556. The van der Waals surface area contributed by atoms with Crippen molar-refractivity contribution in [2.75, 3.05) is 13.1 Å². The first kappa shape index (κ1) is 21.7. The average Bonchev–Trinajstić information content (AvgIpc) is 3.06. The summed E-state index contributed by atoms with van der Waals surface area (Å²) < 4.78 is 44.8. The van der Waals surface area contributed by atoms with Gasteiger partial charge in [-0.25, -0.2) is 0 Å². The van der Waals surface area contributed by atoms with E-state index < -0.39 is 23.3 Å². The minimum absolute atomic E-state index is 0. The van der Waals surface area contributed by atoms with Crippen LogP contribution in [0.3, 0.4) is 0 Å². The summed E-state index contributed by atoms with van der Waals surface area (Å²) in [6.07, 6.45) is -1.83. The Morgan fingerprint density at radius 2 is 1.93 bits per heavy atom. The van der Waals surface area contributed by atoms with Crippen molar-refractivity contribution in [1.82, 2.24) is 15.0 Å². The first-order valence-electron chi connectivity index (χ1n) is 8.82. The molecule has 1 aliphatic rings. The summed E-state index contributed by atoms with van der Waals surface area (Å²) in [4.78, 5) is 6.45. The van der Waals surface area contributed by atoms with Crippen LogP contribution < -0.4 is 5.73 Å². The molecule has 2 aromatic rings. The van der Waals surface area contributed by atoms with Crippen LogP contribution in [0.4, 0.5) is 13.2 Å². The van der Waals surface area contributed by atoms with Gasteiger partial charge in [-0.1, -0.05) is 31.1 Å². The van der Waals surface area contributed by atoms with E-state index in [0.717, 1.165) is 31.4 Å². The lowest BCUT2D eigenvalue weighted by molar-refractivity contribution is -0.137. The molecule has 1 atom stereocenters. The maximum absolute atomic E-state index is 13.1. The molecule has 0 radical (unpaired) electrons. The quantitative estimate of drug-likeness (QED) is 0.778. The lowest BCUT2D eigenvalue weighted by Crippen LogP contribution is -2.44. The van der Waals surface area contributed by atoms with Crippen molar-refractivity contribution in [3.63, 3.8) is 0 Å². The topological polar surface area (TPSA) is 68.2 Å². The van der Waals surface area contributed by atoms with Crippen LogP contribution in [-0.4, -0.2) is 28.1 Å². The second-order valence-corrected chi connectivity index (χ2v) is 6.71. The minimum Gasteiger partial charge on any atom is -0.337 e. The van der Waals surface area contributed by atoms with E-state index in [1.165, 1.54) is 6.07 Å². The Hall–Kier alpha value is -1.64. The van der Waals surface area contributed by atoms with Gasteiger partial charge < -0.3 is 10.3 Å². The highest BCUT2D eigenvalue weighted by atomic mass is 35.5. The summed E-state index contributed by atoms with van der Waals surface area (Å²) in [7, 11) is 0. The Bertz CT molecular complexity index is 757. The Labute approximate surface area is 162 Å². The largest absolute Gasteiger partial charge is 0.416 e. The van der Waals surface area contributed by atoms with E-state index in [4.69, 9.17) is 10.3 Å². The number of hydrogen-bond acceptors (Lipinski definition) is 5. The Kier molecular flexibility index (Phi) is 6.55. The normalized spacial score (nSPS) is 17.3. The van der Waals surface area contributed by atoms with Crippen LogP contribution in [0.2, 0.25) is 0 Å². The standard InChI is InChI=1S/C18H23F3N4O.ClH/c1-3-25(4-2)14(12-7-5-8-13(11-12)18(19,20)21)15-23-16(24-26-15)17(22)9-6-10-17;/h5,7-8,11,14H,3-4,6,9-10,22H2,1-2H3;1H. The van der Waals surface area contributed by atoms with Crippen LogP contribution in [0.25, 0.3) is 0 Å². The van der Waals surface area contributed by atoms with E-state index in [1.807, 2.05) is 18.7 Å². The predicted octanol–water partition coefficient (Wildman–Crippen LogP) is 4.28. The van der Waals surface area contributed by atoms with Crippen LogP contribution in [0.15, 0.2) is 28.8 Å². The second-order valence-electron chi connectivity index (χ2n) is 6.71. The number of nitrogens with zero attached hydrogens (tertiary/aromatic N) is 3. The van der Waals surface area contributed by atoms with Gasteiger partial charge in [0.2, 0.25) is 5.89 Å². The van der Waals surface area contributed by atoms with Gasteiger partial charge in [0, 0.05) is 0 Å². The van der Waals surface area contributed by atoms with E-state index in [2.05, 4.69) is 10.1 Å². The van der Waals surface area contributed by atoms with Crippen LogP contribution in [-0.2, 0) is 11.7 Å². The van der Waals surface area contributed by atoms with Crippen LogP contribution in [0.5, 0.6) is 0 Å². The van der Waals surface area contributed by atoms with Gasteiger partial charge in [0.05, 0.1) is 11.1 Å². The number of alkyl halides is 3. The number of hydrogen-bond donors (Lipinski definition) is 1. The summed E-state index contributed by atoms with van der Waals surface area (Å²) in [6, 6.07) is 4.73. The zero-order valence-corrected chi connectivity index (χ0v) is 16.1. The molecule has 1 aliphatic carbocycles. The summed E-state index contributed by atoms with van der Waals surface area (Å²) in [5.74, 6) is 0.711. The molecule has 1 heterocycles. The van der Waals surface area contributed by atoms with Gasteiger partial charge in [0.1, 0.15) is 6.04 Å². The van der Waals surface area contributed by atoms with Crippen molar-refractivity contribution in [3.05, 3.63) is 47.1 Å². The third-order valence-electron chi connectivity index (χ3n) is 5.07. The maximum Gasteiger partial charge on any atom is 0.416 e. The first-order chi connectivity index (χ1) is 12.3. The monoisotopic (exact) mass is 404 g/mol. The van der Waals surface area contributed by atoms with Crippen molar-refractivity contribution in [2.24, 2.45) is 5.73 Å². The zero-order valence-electron chi connectivity index (χ0n) is 15.3. The Morgan fingerprint density at radius 1 is 1.26 bits per heavy atom. The molecule has 0 spiro atoms. The molecule has 150 valence electrons. The molecule has 5 nitrogen and oxygen atoms in total. The van der Waals surface area contributed by atoms with Crippen LogP contribution in [0, 0.1) is 0 Å². The van der Waals surface area contributed by atoms with Crippen molar-refractivity contribution in [2.45, 2.75) is 50.9 Å². The molecule has 0 saturated heterocycles. The third kappa shape index (κ3) is 4.28. The lowest BCUT2D eigenvalue weighted by atomic mass is 9.77. The summed E-state index contributed by atoms with van der Waals surface area (Å²) in [6.45, 7) is 5.14. The molecular weight excluding hydrogens is 381 g/mol. The predicted molar refractivity (Wildman–Crippen MR) is 97.5 cm³/mol. The molecule has 1 aromatic carbocycles. The Balaban J connectivity index is 0.00000261. The molecule has 1 fully saturated rings. The van der Waals surface area contributed by atoms with Gasteiger partial charge in [0.15, 0.2) is 5.82 Å². The minimum atomic E-state index is -4.41. The second kappa shape index (κ2) is 8.16. The van der Waals surface area contributed by atoms with Gasteiger partial charge >= 0.3 is 6.18 Å². The summed E-state index contributed by atoms with van der Waals surface area (Å²) in [5, 5.41) is 4.02. The van der Waals surface area contributed by atoms with E-state index in [9.17, 15) is 13.2 Å². The lowest BCUT2D eigenvalue weighted by Gasteiger charge is -2.34. The van der Waals surface area contributed by atoms with Crippen LogP contribution in [0.1, 0.15) is 62.0 Å². The average molecular weight is 405 g/mol. The number of benzene rings is 1. The van der Waals surface area contributed by atoms with E-state index in [1.54, 1.807) is 6.07 Å². The number of nitrogens with two attached hydrogens (primary N) is 1. The van der Waals surface area contributed by atoms with E-state index in [0.29, 0.717) is 24.5 Å². The van der Waals surface area contributed by atoms with Gasteiger partial charge in [-0.2, -0.15) is 18.2 Å². The summed E-state index contributed by atoms with van der Waals surface area (Å²) in [5.41, 5.74) is 5.45. The number of halogens is 4. The molecule has 1 unspecified atom stereocenters. The first-order valence-corrected chi connectivity index (χ1v) is 8.82. The highest BCUT2D eigenvalue weighted by molar-refractivity contribution is 5.85. The van der Waals surface area contributed by atoms with Crippen molar-refractivity contribution >= 4 is 12.4 Å². The Morgan fingerprint density at radius 3 is 2.44 bits per heavy atom. The summed E-state index contributed by atoms with van der Waals surface area (Å²) >= 11 is 0. The molecule has 0 aliphatic heterocycles. The fourth-order valence-electron chi connectivity index (χ4n) is 3.31. The molecule has 0 amide bonds. The molecule has 1 aromatic heterocycles. The van der Waals surface area contributed by atoms with E-state index >= 15 is 0 Å². The van der Waals surface area contributed by atoms with Crippen LogP contribution >= 0.6 is 12.4 Å². The van der Waals surface area contributed by atoms with Crippen molar-refractivity contribution in [3.8, 4) is 0 Å². The highest BCUT2D eigenvalue weighted by Crippen LogP contribution is 2.39. The third-order valence-corrected chi connectivity index (χ3v) is 5.07. The fourth-order valence-corrected chi connectivity index (χ4v) is 3.31.